The van der Waals surface area contributed by atoms with Crippen molar-refractivity contribution in [1.29, 1.82) is 0 Å². The van der Waals surface area contributed by atoms with Gasteiger partial charge < -0.3 is 36.8 Å². The molecule has 0 spiro atoms. The molecule has 0 aliphatic carbocycles. The first-order chi connectivity index (χ1) is 15.0. The highest BCUT2D eigenvalue weighted by Gasteiger charge is 2.28. The molecule has 32 heavy (non-hydrogen) atoms. The molecule has 0 aromatic heterocycles. The number of ether oxygens (including phenoxy) is 1. The summed E-state index contributed by atoms with van der Waals surface area (Å²) in [6.07, 6.45) is 0.154. The number of rotatable bonds is 13. The van der Waals surface area contributed by atoms with E-state index in [1.807, 2.05) is 0 Å². The fourth-order valence-corrected chi connectivity index (χ4v) is 2.27. The summed E-state index contributed by atoms with van der Waals surface area (Å²) in [5, 5.41) is 18.5. The standard InChI is InChI=1S/C20H29N5O7/c1-20(2,19(30)31)32-12-24-16(27)10-23-18(29)14(8-13-6-4-3-5-7-13)25-17(28)11-22-15(26)9-21/h3-7,14H,8-12,21H2,1-2H3,(H,22,26)(H,23,29)(H,24,27)(H,25,28)(H,30,31)/t14-/m0/s1. The fraction of sp³-hybridized carbons (Fsp3) is 0.450. The van der Waals surface area contributed by atoms with E-state index in [1.54, 1.807) is 30.3 Å². The summed E-state index contributed by atoms with van der Waals surface area (Å²) in [5.41, 5.74) is 4.45. The van der Waals surface area contributed by atoms with Crippen LogP contribution in [0.4, 0.5) is 0 Å². The predicted octanol–water partition coefficient (Wildman–Crippen LogP) is -2.14. The Morgan fingerprint density at radius 3 is 2.19 bits per heavy atom. The number of carboxylic acid groups (broad SMARTS) is 1. The van der Waals surface area contributed by atoms with E-state index in [2.05, 4.69) is 21.3 Å². The number of nitrogens with one attached hydrogen (secondary N) is 4. The third-order valence-corrected chi connectivity index (χ3v) is 4.21. The lowest BCUT2D eigenvalue weighted by molar-refractivity contribution is -0.163. The molecule has 0 unspecified atom stereocenters. The number of carbonyl (C=O) groups excluding carboxylic acids is 4. The van der Waals surface area contributed by atoms with Gasteiger partial charge in [-0.15, -0.1) is 0 Å². The molecule has 1 atom stereocenters. The van der Waals surface area contributed by atoms with Crippen LogP contribution in [0.3, 0.4) is 0 Å². The molecule has 1 aromatic rings. The van der Waals surface area contributed by atoms with Crippen LogP contribution in [-0.4, -0.2) is 72.7 Å². The lowest BCUT2D eigenvalue weighted by Crippen LogP contribution is -2.52. The molecule has 0 heterocycles. The molecule has 0 aliphatic heterocycles. The van der Waals surface area contributed by atoms with Crippen LogP contribution >= 0.6 is 0 Å². The molecule has 12 heteroatoms. The van der Waals surface area contributed by atoms with E-state index in [-0.39, 0.29) is 26.2 Å². The van der Waals surface area contributed by atoms with Gasteiger partial charge in [-0.2, -0.15) is 0 Å². The minimum atomic E-state index is -1.49. The smallest absolute Gasteiger partial charge is 0.335 e. The van der Waals surface area contributed by atoms with E-state index in [9.17, 15) is 24.0 Å². The van der Waals surface area contributed by atoms with E-state index < -0.39 is 47.8 Å². The van der Waals surface area contributed by atoms with Gasteiger partial charge in [-0.3, -0.25) is 19.2 Å². The number of aliphatic carboxylic acids is 1. The van der Waals surface area contributed by atoms with Crippen LogP contribution in [0, 0.1) is 0 Å². The maximum Gasteiger partial charge on any atom is 0.335 e. The highest BCUT2D eigenvalue weighted by Crippen LogP contribution is 2.07. The number of carbonyl (C=O) groups is 5. The molecule has 0 fully saturated rings. The number of hydrogen-bond acceptors (Lipinski definition) is 7. The van der Waals surface area contributed by atoms with E-state index in [1.165, 1.54) is 13.8 Å². The number of carboxylic acids is 1. The third kappa shape index (κ3) is 10.00. The Bertz CT molecular complexity index is 814. The Balaban J connectivity index is 2.62. The Kier molecular flexibility index (Phi) is 10.8. The Morgan fingerprint density at radius 1 is 0.969 bits per heavy atom. The molecule has 0 aliphatic rings. The van der Waals surface area contributed by atoms with Gasteiger partial charge in [-0.1, -0.05) is 30.3 Å². The molecule has 0 bridgehead atoms. The van der Waals surface area contributed by atoms with Crippen LogP contribution in [0.5, 0.6) is 0 Å². The largest absolute Gasteiger partial charge is 0.479 e. The summed E-state index contributed by atoms with van der Waals surface area (Å²) in [6.45, 7) is 1.25. The van der Waals surface area contributed by atoms with Crippen molar-refractivity contribution in [1.82, 2.24) is 21.3 Å². The molecular formula is C20H29N5O7. The second kappa shape index (κ2) is 13.0. The van der Waals surface area contributed by atoms with E-state index in [4.69, 9.17) is 15.6 Å². The number of benzene rings is 1. The monoisotopic (exact) mass is 451 g/mol. The van der Waals surface area contributed by atoms with Gasteiger partial charge in [0.25, 0.3) is 0 Å². The number of amides is 4. The van der Waals surface area contributed by atoms with E-state index >= 15 is 0 Å². The van der Waals surface area contributed by atoms with Crippen molar-refractivity contribution in [2.45, 2.75) is 31.9 Å². The van der Waals surface area contributed by atoms with E-state index in [0.717, 1.165) is 5.56 Å². The molecule has 12 nitrogen and oxygen atoms in total. The average molecular weight is 451 g/mol. The Morgan fingerprint density at radius 2 is 1.59 bits per heavy atom. The molecule has 1 aromatic carbocycles. The zero-order valence-electron chi connectivity index (χ0n) is 18.0. The third-order valence-electron chi connectivity index (χ3n) is 4.21. The molecule has 176 valence electrons. The van der Waals surface area contributed by atoms with Crippen LogP contribution in [-0.2, 0) is 35.1 Å². The first kappa shape index (κ1) is 26.5. The van der Waals surface area contributed by atoms with Crippen LogP contribution in [0.1, 0.15) is 19.4 Å². The van der Waals surface area contributed by atoms with E-state index in [0.29, 0.717) is 0 Å². The lowest BCUT2D eigenvalue weighted by atomic mass is 10.1. The van der Waals surface area contributed by atoms with Gasteiger partial charge in [-0.05, 0) is 19.4 Å². The van der Waals surface area contributed by atoms with Gasteiger partial charge in [0.15, 0.2) is 5.60 Å². The average Bonchev–Trinajstić information content (AvgIpc) is 2.75. The fourth-order valence-electron chi connectivity index (χ4n) is 2.27. The van der Waals surface area contributed by atoms with Crippen molar-refractivity contribution in [3.05, 3.63) is 35.9 Å². The summed E-state index contributed by atoms with van der Waals surface area (Å²) < 4.78 is 5.06. The maximum absolute atomic E-state index is 12.6. The van der Waals surface area contributed by atoms with Crippen molar-refractivity contribution in [2.75, 3.05) is 26.4 Å². The summed E-state index contributed by atoms with van der Waals surface area (Å²) in [7, 11) is 0. The zero-order valence-corrected chi connectivity index (χ0v) is 18.0. The second-order valence-electron chi connectivity index (χ2n) is 7.21. The van der Waals surface area contributed by atoms with Crippen LogP contribution in [0.2, 0.25) is 0 Å². The predicted molar refractivity (Wildman–Crippen MR) is 113 cm³/mol. The SMILES string of the molecule is CC(C)(OCNC(=O)CNC(=O)[C@H](Cc1ccccc1)NC(=O)CNC(=O)CN)C(=O)O. The van der Waals surface area contributed by atoms with Crippen LogP contribution in [0.25, 0.3) is 0 Å². The van der Waals surface area contributed by atoms with Crippen LogP contribution in [0.15, 0.2) is 30.3 Å². The van der Waals surface area contributed by atoms with Gasteiger partial charge in [0.1, 0.15) is 12.8 Å². The normalized spacial score (nSPS) is 11.7. The van der Waals surface area contributed by atoms with Gasteiger partial charge in [-0.25, -0.2) is 4.79 Å². The van der Waals surface area contributed by atoms with Crippen LogP contribution < -0.4 is 27.0 Å². The van der Waals surface area contributed by atoms with Gasteiger partial charge in [0, 0.05) is 6.42 Å². The molecule has 7 N–H and O–H groups in total. The second-order valence-corrected chi connectivity index (χ2v) is 7.21. The first-order valence-corrected chi connectivity index (χ1v) is 9.77. The number of nitrogens with two attached hydrogens (primary N) is 1. The topological polar surface area (TPSA) is 189 Å². The molecule has 0 saturated heterocycles. The van der Waals surface area contributed by atoms with Gasteiger partial charge in [0.2, 0.25) is 23.6 Å². The molecule has 0 saturated carbocycles. The van der Waals surface area contributed by atoms with Gasteiger partial charge >= 0.3 is 5.97 Å². The first-order valence-electron chi connectivity index (χ1n) is 9.77. The summed E-state index contributed by atoms with van der Waals surface area (Å²) in [4.78, 5) is 58.8. The highest BCUT2D eigenvalue weighted by atomic mass is 16.5. The molecular weight excluding hydrogens is 422 g/mol. The Labute approximate surface area is 185 Å². The van der Waals surface area contributed by atoms with Gasteiger partial charge in [0.05, 0.1) is 19.6 Å². The van der Waals surface area contributed by atoms with Crippen molar-refractivity contribution in [2.24, 2.45) is 5.73 Å². The maximum atomic E-state index is 12.6. The highest BCUT2D eigenvalue weighted by molar-refractivity contribution is 5.92. The van der Waals surface area contributed by atoms with Crippen molar-refractivity contribution < 1.29 is 33.8 Å². The summed E-state index contributed by atoms with van der Waals surface area (Å²) in [5.74, 6) is -3.54. The quantitative estimate of drug-likeness (QED) is 0.183. The minimum Gasteiger partial charge on any atom is -0.479 e. The number of hydrogen-bond donors (Lipinski definition) is 6. The van der Waals surface area contributed by atoms with Crippen molar-refractivity contribution in [3.63, 3.8) is 0 Å². The van der Waals surface area contributed by atoms with Crippen molar-refractivity contribution >= 4 is 29.6 Å². The molecule has 0 radical (unpaired) electrons. The molecule has 4 amide bonds. The Hall–Kier alpha value is -3.51. The lowest BCUT2D eigenvalue weighted by Gasteiger charge is -2.21. The summed E-state index contributed by atoms with van der Waals surface area (Å²) in [6, 6.07) is 7.90. The minimum absolute atomic E-state index is 0.154. The molecule has 1 rings (SSSR count). The zero-order chi connectivity index (χ0) is 24.1. The van der Waals surface area contributed by atoms with Crippen molar-refractivity contribution in [3.8, 4) is 0 Å². The summed E-state index contributed by atoms with van der Waals surface area (Å²) >= 11 is 0.